The zero-order valence-electron chi connectivity index (χ0n) is 56.6. The largest absolute Gasteiger partial charge is 0.472 e. The number of carbonyl (C=O) groups is 4. The van der Waals surface area contributed by atoms with Crippen LogP contribution in [-0.4, -0.2) is 168 Å². The molecule has 0 radical (unpaired) electrons. The Bertz CT molecular complexity index is 1890. The number of nitrogens with one attached hydrogen (secondary N) is 2. The van der Waals surface area contributed by atoms with Crippen LogP contribution in [0.1, 0.15) is 310 Å². The fourth-order valence-corrected chi connectivity index (χ4v) is 12.6. The molecule has 2 amide bonds. The van der Waals surface area contributed by atoms with Gasteiger partial charge in [0.2, 0.25) is 11.8 Å². The van der Waals surface area contributed by atoms with Crippen molar-refractivity contribution in [1.82, 2.24) is 10.6 Å². The van der Waals surface area contributed by atoms with E-state index in [-0.39, 0.29) is 12.8 Å². The van der Waals surface area contributed by atoms with Gasteiger partial charge in [0.25, 0.3) is 0 Å². The van der Waals surface area contributed by atoms with Gasteiger partial charge in [-0.05, 0) is 25.7 Å². The van der Waals surface area contributed by atoms with Crippen molar-refractivity contribution in [2.24, 2.45) is 0 Å². The highest BCUT2D eigenvalue weighted by Crippen LogP contribution is 2.41. The molecule has 22 nitrogen and oxygen atoms in total. The highest BCUT2D eigenvalue weighted by atomic mass is 31.2. The molecule has 0 aliphatic carbocycles. The fraction of sp³-hybridized carbons (Fsp3) is 0.941. The van der Waals surface area contributed by atoms with Crippen molar-refractivity contribution in [1.29, 1.82) is 0 Å². The smallest absolute Gasteiger partial charge is 0.457 e. The standard InChI is InChI=1S/C68H129N2O20P/c1-5-9-13-17-21-25-29-33-37-41-51(72)45-57(76)69-61-65(88-59(78)47-53(74)43-39-35-31-27-23-19-15-11-7-3)63(80)55(49-71)86-67(61)85-50-56-64(81)66(89-60(79)48-54(75)44-40-36-32-28-24-20-16-12-8-4)62(68(87-56)90-91(82,83)84)70-58(77)46-52(73)42-38-34-30-26-22-18-14-10-6-2/h51-56,61-68,71-75,80-81H,5-50H2,1-4H3,(H,69,76)(H,70,77)(H2,82,83,84)/t51-,52-,53-,54-,55-,56-,61-,62-,63-,64-,65-,66-,67-,68-/m1/s1. The number of aliphatic hydroxyl groups excluding tert-OH is 7. The van der Waals surface area contributed by atoms with Gasteiger partial charge in [-0.1, -0.05) is 259 Å². The second-order valence-electron chi connectivity index (χ2n) is 26.2. The van der Waals surface area contributed by atoms with Crippen molar-refractivity contribution >= 4 is 31.6 Å². The van der Waals surface area contributed by atoms with Gasteiger partial charge >= 0.3 is 19.8 Å². The van der Waals surface area contributed by atoms with Crippen LogP contribution in [0.4, 0.5) is 0 Å². The number of carbonyl (C=O) groups excluding carboxylic acids is 4. The fourth-order valence-electron chi connectivity index (χ4n) is 12.1. The van der Waals surface area contributed by atoms with Gasteiger partial charge < -0.3 is 79.9 Å². The number of ether oxygens (including phenoxy) is 5. The normalized spacial score (nSPS) is 23.3. The first-order valence-corrected chi connectivity index (χ1v) is 37.6. The third-order valence-electron chi connectivity index (χ3n) is 17.6. The molecule has 0 unspecified atom stereocenters. The number of hydrogen-bond acceptors (Lipinski definition) is 18. The summed E-state index contributed by atoms with van der Waals surface area (Å²) in [5.41, 5.74) is 0. The summed E-state index contributed by atoms with van der Waals surface area (Å²) in [5.74, 6) is -3.62. The van der Waals surface area contributed by atoms with Gasteiger partial charge in [-0.15, -0.1) is 0 Å². The van der Waals surface area contributed by atoms with E-state index in [0.717, 1.165) is 135 Å². The predicted molar refractivity (Wildman–Crippen MR) is 349 cm³/mol. The van der Waals surface area contributed by atoms with Crippen LogP contribution < -0.4 is 10.6 Å². The van der Waals surface area contributed by atoms with Crippen molar-refractivity contribution < 1.29 is 97.5 Å². The lowest BCUT2D eigenvalue weighted by Crippen LogP contribution is -2.67. The van der Waals surface area contributed by atoms with Gasteiger partial charge in [0.05, 0.1) is 63.3 Å². The lowest BCUT2D eigenvalue weighted by molar-refractivity contribution is -0.298. The summed E-state index contributed by atoms with van der Waals surface area (Å²) in [6, 6.07) is -3.44. The molecule has 0 spiro atoms. The second kappa shape index (κ2) is 52.7. The molecule has 2 fully saturated rings. The van der Waals surface area contributed by atoms with Gasteiger partial charge in [-0.2, -0.15) is 0 Å². The molecular formula is C68H129N2O20P. The monoisotopic (exact) mass is 1320 g/mol. The molecule has 2 aliphatic heterocycles. The number of esters is 2. The summed E-state index contributed by atoms with van der Waals surface area (Å²) >= 11 is 0. The summed E-state index contributed by atoms with van der Waals surface area (Å²) in [6.07, 6.45) is 17.3. The third-order valence-corrected chi connectivity index (χ3v) is 18.1. The Labute approximate surface area is 546 Å². The lowest BCUT2D eigenvalue weighted by atomic mass is 9.95. The number of aliphatic hydroxyl groups is 7. The van der Waals surface area contributed by atoms with Crippen molar-refractivity contribution in [2.75, 3.05) is 13.2 Å². The minimum absolute atomic E-state index is 0.246. The Balaban J connectivity index is 2.43. The van der Waals surface area contributed by atoms with E-state index in [1.165, 1.54) is 70.6 Å². The Morgan fingerprint density at radius 3 is 1.00 bits per heavy atom. The first-order valence-electron chi connectivity index (χ1n) is 36.1. The van der Waals surface area contributed by atoms with E-state index in [1.54, 1.807) is 0 Å². The van der Waals surface area contributed by atoms with Crippen molar-refractivity contribution in [3.63, 3.8) is 0 Å². The number of phosphoric ester groups is 1. The third kappa shape index (κ3) is 40.7. The van der Waals surface area contributed by atoms with Crippen LogP contribution in [-0.2, 0) is 52.0 Å². The van der Waals surface area contributed by atoms with Crippen LogP contribution in [0.25, 0.3) is 0 Å². The molecule has 2 aliphatic rings. The van der Waals surface area contributed by atoms with Gasteiger partial charge in [0.15, 0.2) is 24.8 Å². The van der Waals surface area contributed by atoms with Crippen LogP contribution in [0.15, 0.2) is 0 Å². The molecule has 91 heavy (non-hydrogen) atoms. The molecule has 536 valence electrons. The SMILES string of the molecule is CCCCCCCCCCC[C@@H](O)CC(=O)N[C@H]1[C@H](OC[C@H]2O[C@H](OP(=O)(O)O)[C@H](NC(=O)C[C@H](O)CCCCCCCCCCC)[C@@H](OC(=O)C[C@H](O)CCCCCCCCCCC)[C@@H]2O)O[C@H](CO)[C@@H](O)[C@@H]1OC(=O)C[C@H](O)CCCCCCCCCCC. The maximum absolute atomic E-state index is 13.9. The number of unbranched alkanes of at least 4 members (excludes halogenated alkanes) is 32. The number of hydrogen-bond donors (Lipinski definition) is 11. The Hall–Kier alpha value is -2.41. The lowest BCUT2D eigenvalue weighted by Gasteiger charge is -2.46. The molecule has 0 saturated carbocycles. The van der Waals surface area contributed by atoms with E-state index < -0.39 is 156 Å². The highest BCUT2D eigenvalue weighted by Gasteiger charge is 2.53. The second-order valence-corrected chi connectivity index (χ2v) is 27.4. The minimum atomic E-state index is -5.54. The first-order chi connectivity index (χ1) is 43.8. The van der Waals surface area contributed by atoms with Crippen LogP contribution in [0.5, 0.6) is 0 Å². The first kappa shape index (κ1) is 84.7. The summed E-state index contributed by atoms with van der Waals surface area (Å²) in [7, 11) is -5.54. The van der Waals surface area contributed by atoms with Crippen LogP contribution in [0, 0.1) is 0 Å². The van der Waals surface area contributed by atoms with Crippen molar-refractivity contribution in [3.05, 3.63) is 0 Å². The molecule has 0 aromatic heterocycles. The number of amides is 2. The number of rotatable bonds is 58. The Kier molecular flexibility index (Phi) is 49.1. The molecule has 14 atom stereocenters. The van der Waals surface area contributed by atoms with E-state index >= 15 is 0 Å². The average Bonchev–Trinajstić information content (AvgIpc) is 1.02. The van der Waals surface area contributed by atoms with E-state index in [9.17, 15) is 69.3 Å². The summed E-state index contributed by atoms with van der Waals surface area (Å²) in [4.78, 5) is 75.5. The molecular weight excluding hydrogens is 1200 g/mol. The Morgan fingerprint density at radius 2 is 0.692 bits per heavy atom. The molecule has 2 rings (SSSR count). The Morgan fingerprint density at radius 1 is 0.418 bits per heavy atom. The molecule has 2 heterocycles. The summed E-state index contributed by atoms with van der Waals surface area (Å²) in [5, 5.41) is 83.4. The van der Waals surface area contributed by atoms with E-state index in [1.807, 2.05) is 0 Å². The van der Waals surface area contributed by atoms with Crippen molar-refractivity contribution in [2.45, 2.75) is 396 Å². The van der Waals surface area contributed by atoms with Gasteiger partial charge in [-0.25, -0.2) is 4.57 Å². The molecule has 0 bridgehead atoms. The van der Waals surface area contributed by atoms with Crippen LogP contribution in [0.3, 0.4) is 0 Å². The predicted octanol–water partition coefficient (Wildman–Crippen LogP) is 10.8. The molecule has 11 N–H and O–H groups in total. The van der Waals surface area contributed by atoms with E-state index in [2.05, 4.69) is 38.3 Å². The van der Waals surface area contributed by atoms with Gasteiger partial charge in [-0.3, -0.25) is 23.7 Å². The zero-order valence-corrected chi connectivity index (χ0v) is 57.5. The molecule has 0 aromatic carbocycles. The molecule has 2 saturated heterocycles. The van der Waals surface area contributed by atoms with Crippen LogP contribution >= 0.6 is 7.82 Å². The summed E-state index contributed by atoms with van der Waals surface area (Å²) < 4.78 is 47.5. The number of phosphoric acid groups is 1. The average molecular weight is 1330 g/mol. The minimum Gasteiger partial charge on any atom is -0.457 e. The quantitative estimate of drug-likeness (QED) is 0.0153. The zero-order chi connectivity index (χ0) is 67.1. The maximum Gasteiger partial charge on any atom is 0.472 e. The molecule has 0 aromatic rings. The highest BCUT2D eigenvalue weighted by molar-refractivity contribution is 7.46. The topological polar surface area (TPSA) is 347 Å². The van der Waals surface area contributed by atoms with Gasteiger partial charge in [0, 0.05) is 0 Å². The summed E-state index contributed by atoms with van der Waals surface area (Å²) in [6.45, 7) is 6.95. The van der Waals surface area contributed by atoms with Crippen LogP contribution in [0.2, 0.25) is 0 Å². The maximum atomic E-state index is 13.9. The van der Waals surface area contributed by atoms with E-state index in [4.69, 9.17) is 28.2 Å². The molecule has 23 heteroatoms. The van der Waals surface area contributed by atoms with Crippen molar-refractivity contribution in [3.8, 4) is 0 Å². The van der Waals surface area contributed by atoms with E-state index in [0.29, 0.717) is 38.5 Å². The van der Waals surface area contributed by atoms with Gasteiger partial charge in [0.1, 0.15) is 36.5 Å².